The smallest absolute Gasteiger partial charge is 0.255 e. The third-order valence-corrected chi connectivity index (χ3v) is 4.84. The molecule has 120 valence electrons. The highest BCUT2D eigenvalue weighted by molar-refractivity contribution is 5.99. The maximum Gasteiger partial charge on any atom is 0.255 e. The van der Waals surface area contributed by atoms with Gasteiger partial charge in [-0.2, -0.15) is 5.26 Å². The quantitative estimate of drug-likeness (QED) is 0.841. The zero-order valence-electron chi connectivity index (χ0n) is 13.2. The first-order valence-electron chi connectivity index (χ1n) is 8.28. The average molecular weight is 311 g/mol. The van der Waals surface area contributed by atoms with Gasteiger partial charge in [0.2, 0.25) is 5.91 Å². The van der Waals surface area contributed by atoms with E-state index in [4.69, 9.17) is 5.26 Å². The van der Waals surface area contributed by atoms with Gasteiger partial charge in [-0.15, -0.1) is 0 Å². The molecular formula is C18H21N3O2. The highest BCUT2D eigenvalue weighted by atomic mass is 16.2. The van der Waals surface area contributed by atoms with Crippen molar-refractivity contribution in [2.24, 2.45) is 0 Å². The Morgan fingerprint density at radius 3 is 2.57 bits per heavy atom. The summed E-state index contributed by atoms with van der Waals surface area (Å²) in [7, 11) is 0. The van der Waals surface area contributed by atoms with Crippen LogP contribution in [-0.2, 0) is 4.79 Å². The zero-order chi connectivity index (χ0) is 16.2. The molecule has 2 fully saturated rings. The summed E-state index contributed by atoms with van der Waals surface area (Å²) in [6.07, 6.45) is 5.79. The second kappa shape index (κ2) is 6.82. The molecule has 5 nitrogen and oxygen atoms in total. The molecule has 2 aliphatic rings. The predicted molar refractivity (Wildman–Crippen MR) is 85.6 cm³/mol. The van der Waals surface area contributed by atoms with Crippen molar-refractivity contribution in [3.63, 3.8) is 0 Å². The van der Waals surface area contributed by atoms with Crippen LogP contribution in [0.2, 0.25) is 0 Å². The summed E-state index contributed by atoms with van der Waals surface area (Å²) in [4.78, 5) is 28.6. The Hall–Kier alpha value is -2.35. The van der Waals surface area contributed by atoms with E-state index in [1.165, 1.54) is 19.3 Å². The molecule has 2 amide bonds. The number of benzene rings is 1. The number of amides is 2. The first-order valence-corrected chi connectivity index (χ1v) is 8.28. The van der Waals surface area contributed by atoms with Crippen LogP contribution in [0.5, 0.6) is 0 Å². The van der Waals surface area contributed by atoms with Crippen LogP contribution in [0, 0.1) is 11.3 Å². The van der Waals surface area contributed by atoms with Crippen molar-refractivity contribution in [1.82, 2.24) is 9.80 Å². The number of hydrogen-bond acceptors (Lipinski definition) is 3. The number of nitriles is 1. The lowest BCUT2D eigenvalue weighted by molar-refractivity contribution is -0.138. The fourth-order valence-electron chi connectivity index (χ4n) is 3.58. The van der Waals surface area contributed by atoms with E-state index in [-0.39, 0.29) is 18.4 Å². The van der Waals surface area contributed by atoms with Gasteiger partial charge in [-0.3, -0.25) is 9.59 Å². The third kappa shape index (κ3) is 3.21. The number of hydrogen-bond donors (Lipinski definition) is 0. The fraction of sp³-hybridized carbons (Fsp3) is 0.500. The number of piperazine rings is 1. The van der Waals surface area contributed by atoms with Gasteiger partial charge in [0, 0.05) is 19.1 Å². The molecule has 1 aliphatic carbocycles. The van der Waals surface area contributed by atoms with E-state index in [0.717, 1.165) is 12.8 Å². The van der Waals surface area contributed by atoms with Crippen molar-refractivity contribution in [3.05, 3.63) is 35.4 Å². The van der Waals surface area contributed by atoms with Gasteiger partial charge in [0.15, 0.2) is 0 Å². The van der Waals surface area contributed by atoms with Gasteiger partial charge < -0.3 is 9.80 Å². The van der Waals surface area contributed by atoms with Gasteiger partial charge >= 0.3 is 0 Å². The fourth-order valence-corrected chi connectivity index (χ4v) is 3.58. The lowest BCUT2D eigenvalue weighted by atomic mass is 9.93. The Bertz CT molecular complexity index is 644. The van der Waals surface area contributed by atoms with E-state index in [0.29, 0.717) is 30.3 Å². The van der Waals surface area contributed by atoms with Gasteiger partial charge in [0.1, 0.15) is 6.54 Å². The van der Waals surface area contributed by atoms with Crippen molar-refractivity contribution >= 4 is 11.8 Å². The maximum absolute atomic E-state index is 12.6. The average Bonchev–Trinajstić information content (AvgIpc) is 2.61. The molecule has 1 aromatic rings. The topological polar surface area (TPSA) is 64.4 Å². The molecule has 0 radical (unpaired) electrons. The van der Waals surface area contributed by atoms with Crippen molar-refractivity contribution in [2.75, 3.05) is 19.6 Å². The number of rotatable bonds is 2. The van der Waals surface area contributed by atoms with Crippen LogP contribution >= 0.6 is 0 Å². The number of carbonyl (C=O) groups is 2. The molecule has 1 aliphatic heterocycles. The summed E-state index contributed by atoms with van der Waals surface area (Å²) in [5.41, 5.74) is 0.744. The minimum absolute atomic E-state index is 0.0333. The molecule has 23 heavy (non-hydrogen) atoms. The molecule has 0 unspecified atom stereocenters. The summed E-state index contributed by atoms with van der Waals surface area (Å²) >= 11 is 0. The molecule has 0 bridgehead atoms. The molecule has 0 spiro atoms. The molecule has 3 rings (SSSR count). The summed E-state index contributed by atoms with van der Waals surface area (Å²) in [6.45, 7) is 1.26. The van der Waals surface area contributed by atoms with E-state index in [9.17, 15) is 9.59 Å². The molecule has 1 saturated heterocycles. The Labute approximate surface area is 136 Å². The van der Waals surface area contributed by atoms with Gasteiger partial charge in [-0.05, 0) is 25.0 Å². The van der Waals surface area contributed by atoms with Crippen LogP contribution < -0.4 is 0 Å². The molecular weight excluding hydrogens is 290 g/mol. The van der Waals surface area contributed by atoms with Crippen molar-refractivity contribution in [1.29, 1.82) is 5.26 Å². The van der Waals surface area contributed by atoms with E-state index in [1.54, 1.807) is 29.2 Å². The predicted octanol–water partition coefficient (Wildman–Crippen LogP) is 2.18. The SMILES string of the molecule is N#Cc1ccccc1C(=O)N1CCN(C2CCCCC2)C(=O)C1. The zero-order valence-corrected chi connectivity index (χ0v) is 13.2. The molecule has 0 N–H and O–H groups in total. The highest BCUT2D eigenvalue weighted by Crippen LogP contribution is 2.24. The van der Waals surface area contributed by atoms with Crippen LogP contribution in [0.4, 0.5) is 0 Å². The maximum atomic E-state index is 12.6. The van der Waals surface area contributed by atoms with Crippen LogP contribution in [0.3, 0.4) is 0 Å². The second-order valence-corrected chi connectivity index (χ2v) is 6.26. The van der Waals surface area contributed by atoms with Gasteiger partial charge in [-0.25, -0.2) is 0 Å². The normalized spacial score (nSPS) is 19.5. The number of carbonyl (C=O) groups excluding carboxylic acids is 2. The van der Waals surface area contributed by atoms with E-state index in [2.05, 4.69) is 0 Å². The van der Waals surface area contributed by atoms with E-state index >= 15 is 0 Å². The molecule has 1 heterocycles. The molecule has 0 aromatic heterocycles. The Balaban J connectivity index is 1.69. The third-order valence-electron chi connectivity index (χ3n) is 4.84. The molecule has 1 aromatic carbocycles. The Morgan fingerprint density at radius 1 is 1.13 bits per heavy atom. The van der Waals surface area contributed by atoms with Crippen molar-refractivity contribution in [2.45, 2.75) is 38.1 Å². The van der Waals surface area contributed by atoms with Crippen LogP contribution in [0.25, 0.3) is 0 Å². The number of nitrogens with zero attached hydrogens (tertiary/aromatic N) is 3. The summed E-state index contributed by atoms with van der Waals surface area (Å²) in [5.74, 6) is -0.190. The minimum atomic E-state index is -0.223. The van der Waals surface area contributed by atoms with Gasteiger partial charge in [0.25, 0.3) is 5.91 Å². The summed E-state index contributed by atoms with van der Waals surface area (Å²) in [6, 6.07) is 9.16. The van der Waals surface area contributed by atoms with Gasteiger partial charge in [-0.1, -0.05) is 31.4 Å². The molecule has 0 atom stereocenters. The largest absolute Gasteiger partial charge is 0.336 e. The standard InChI is InChI=1S/C18H21N3O2/c19-12-14-6-4-5-9-16(14)18(23)20-10-11-21(17(22)13-20)15-7-2-1-3-8-15/h4-6,9,15H,1-3,7-8,10-11,13H2. The van der Waals surface area contributed by atoms with E-state index in [1.807, 2.05) is 11.0 Å². The lowest BCUT2D eigenvalue weighted by Gasteiger charge is -2.40. The molecule has 5 heteroatoms. The van der Waals surface area contributed by atoms with Crippen LogP contribution in [0.15, 0.2) is 24.3 Å². The van der Waals surface area contributed by atoms with Crippen LogP contribution in [-0.4, -0.2) is 47.3 Å². The monoisotopic (exact) mass is 311 g/mol. The highest BCUT2D eigenvalue weighted by Gasteiger charge is 2.32. The first kappa shape index (κ1) is 15.5. The van der Waals surface area contributed by atoms with E-state index < -0.39 is 0 Å². The Kier molecular flexibility index (Phi) is 4.61. The summed E-state index contributed by atoms with van der Waals surface area (Å²) in [5, 5.41) is 9.13. The molecule has 1 saturated carbocycles. The second-order valence-electron chi connectivity index (χ2n) is 6.26. The van der Waals surface area contributed by atoms with Crippen molar-refractivity contribution < 1.29 is 9.59 Å². The van der Waals surface area contributed by atoms with Crippen molar-refractivity contribution in [3.8, 4) is 6.07 Å². The van der Waals surface area contributed by atoms with Gasteiger partial charge in [0.05, 0.1) is 17.2 Å². The summed E-state index contributed by atoms with van der Waals surface area (Å²) < 4.78 is 0. The minimum Gasteiger partial charge on any atom is -0.336 e. The Morgan fingerprint density at radius 2 is 1.87 bits per heavy atom. The van der Waals surface area contributed by atoms with Crippen LogP contribution in [0.1, 0.15) is 48.0 Å². The first-order chi connectivity index (χ1) is 11.2. The lowest BCUT2D eigenvalue weighted by Crippen LogP contribution is -2.55.